The van der Waals surface area contributed by atoms with E-state index in [-0.39, 0.29) is 22.0 Å². The lowest BCUT2D eigenvalue weighted by atomic mass is 9.90. The number of aromatic nitrogens is 1. The first-order valence-electron chi connectivity index (χ1n) is 11.2. The molecule has 2 heterocycles. The largest absolute Gasteiger partial charge is 0.506 e. The highest BCUT2D eigenvalue weighted by molar-refractivity contribution is 8.23. The van der Waals surface area contributed by atoms with Crippen molar-refractivity contribution in [3.05, 3.63) is 99.8 Å². The van der Waals surface area contributed by atoms with Crippen LogP contribution < -0.4 is 10.9 Å². The fourth-order valence-corrected chi connectivity index (χ4v) is 5.82. The number of nitrogens with zero attached hydrogens (tertiary/aromatic N) is 3. The predicted molar refractivity (Wildman–Crippen MR) is 139 cm³/mol. The second-order valence-electron chi connectivity index (χ2n) is 8.55. The number of anilines is 1. The maximum absolute atomic E-state index is 13.8. The molecule has 176 valence electrons. The van der Waals surface area contributed by atoms with Crippen molar-refractivity contribution >= 4 is 38.9 Å². The number of pyridine rings is 1. The number of rotatable bonds is 2. The van der Waals surface area contributed by atoms with Crippen LogP contribution in [0.5, 0.6) is 5.75 Å². The molecule has 1 aliphatic carbocycles. The highest BCUT2D eigenvalue weighted by atomic mass is 32.3. The molecule has 0 radical (unpaired) electrons. The summed E-state index contributed by atoms with van der Waals surface area (Å²) in [5.41, 5.74) is 3.39. The molecule has 0 spiro atoms. The summed E-state index contributed by atoms with van der Waals surface area (Å²) < 4.78 is 26.7. The molecule has 3 aromatic carbocycles. The van der Waals surface area contributed by atoms with Crippen molar-refractivity contribution in [2.45, 2.75) is 24.2 Å². The first kappa shape index (κ1) is 21.6. The molecule has 0 bridgehead atoms. The molecule has 0 unspecified atom stereocenters. The minimum absolute atomic E-state index is 0.111. The van der Waals surface area contributed by atoms with Crippen LogP contribution in [0.15, 0.2) is 92.0 Å². The van der Waals surface area contributed by atoms with E-state index in [4.69, 9.17) is 5.10 Å². The first-order chi connectivity index (χ1) is 16.9. The Morgan fingerprint density at radius 1 is 0.914 bits per heavy atom. The van der Waals surface area contributed by atoms with Crippen LogP contribution in [0.3, 0.4) is 0 Å². The van der Waals surface area contributed by atoms with Crippen molar-refractivity contribution < 1.29 is 14.2 Å². The van der Waals surface area contributed by atoms with Crippen LogP contribution in [-0.4, -0.2) is 30.4 Å². The molecule has 9 heteroatoms. The molecule has 0 saturated carbocycles. The second-order valence-corrected chi connectivity index (χ2v) is 10.2. The molecule has 6 rings (SSSR count). The molecule has 35 heavy (non-hydrogen) atoms. The van der Waals surface area contributed by atoms with Gasteiger partial charge in [0.15, 0.2) is 5.84 Å². The van der Waals surface area contributed by atoms with Crippen molar-refractivity contribution in [3.8, 4) is 5.75 Å². The van der Waals surface area contributed by atoms with E-state index in [2.05, 4.69) is 21.8 Å². The van der Waals surface area contributed by atoms with Gasteiger partial charge in [-0.15, -0.1) is 4.40 Å². The highest BCUT2D eigenvalue weighted by Gasteiger charge is 2.30. The number of aromatic hydroxyl groups is 1. The van der Waals surface area contributed by atoms with E-state index in [9.17, 15) is 19.0 Å². The average molecular weight is 487 g/mol. The third-order valence-corrected chi connectivity index (χ3v) is 7.74. The van der Waals surface area contributed by atoms with Crippen LogP contribution in [0.1, 0.15) is 23.1 Å². The van der Waals surface area contributed by atoms with Gasteiger partial charge in [-0.3, -0.25) is 13.9 Å². The SMILES string of the molecule is O=c1c(C2=NS(O)(O)c3ccccc3N2)c(O)c2ccccc2n1N=C1CCc2ccccc2C1. The summed E-state index contributed by atoms with van der Waals surface area (Å²) in [6.07, 6.45) is 2.17. The molecule has 8 nitrogen and oxygen atoms in total. The number of hydrogen-bond acceptors (Lipinski definition) is 7. The Kier molecular flexibility index (Phi) is 4.99. The molecule has 1 aliphatic heterocycles. The maximum atomic E-state index is 13.8. The fraction of sp³-hybridized carbons (Fsp3) is 0.115. The van der Waals surface area contributed by atoms with Crippen LogP contribution in [0.2, 0.25) is 0 Å². The minimum Gasteiger partial charge on any atom is -0.506 e. The van der Waals surface area contributed by atoms with Crippen molar-refractivity contribution in [2.24, 2.45) is 9.50 Å². The van der Waals surface area contributed by atoms with E-state index in [0.717, 1.165) is 12.1 Å². The summed E-state index contributed by atoms with van der Waals surface area (Å²) >= 11 is 0. The Balaban J connectivity index is 1.55. The maximum Gasteiger partial charge on any atom is 0.286 e. The zero-order valence-electron chi connectivity index (χ0n) is 18.5. The van der Waals surface area contributed by atoms with Crippen LogP contribution in [-0.2, 0) is 12.8 Å². The number of fused-ring (bicyclic) bond motifs is 3. The molecule has 2 aliphatic rings. The standard InChI is InChI=1S/C26H22N4O4S/c31-24-19-9-3-5-11-21(19)30(28-18-14-13-16-7-1-2-8-17(16)15-18)26(32)23(24)25-27-20-10-4-6-12-22(20)35(33,34)29-25/h1-12,31,33-34H,13-15H2,(H,27,29). The van der Waals surface area contributed by atoms with E-state index >= 15 is 0 Å². The number of hydrogen-bond donors (Lipinski definition) is 4. The molecule has 0 fully saturated rings. The summed E-state index contributed by atoms with van der Waals surface area (Å²) in [7, 11) is -3.57. The van der Waals surface area contributed by atoms with Gasteiger partial charge in [0.2, 0.25) is 0 Å². The Labute approximate surface area is 202 Å². The highest BCUT2D eigenvalue weighted by Crippen LogP contribution is 2.55. The van der Waals surface area contributed by atoms with Gasteiger partial charge in [-0.1, -0.05) is 59.3 Å². The molecular weight excluding hydrogens is 464 g/mol. The summed E-state index contributed by atoms with van der Waals surface area (Å²) in [5, 5.41) is 19.2. The number of aryl methyl sites for hydroxylation is 1. The van der Waals surface area contributed by atoms with Crippen molar-refractivity contribution in [1.29, 1.82) is 0 Å². The van der Waals surface area contributed by atoms with Crippen molar-refractivity contribution in [1.82, 2.24) is 4.68 Å². The normalized spacial score (nSPS) is 18.3. The molecule has 0 amide bonds. The Morgan fingerprint density at radius 2 is 1.63 bits per heavy atom. The lowest BCUT2D eigenvalue weighted by Crippen LogP contribution is -2.31. The Hall–Kier alpha value is -3.92. The van der Waals surface area contributed by atoms with E-state index in [1.54, 1.807) is 48.5 Å². The van der Waals surface area contributed by atoms with Gasteiger partial charge in [-0.05, 0) is 48.2 Å². The summed E-state index contributed by atoms with van der Waals surface area (Å²) in [5.74, 6) is -0.406. The van der Waals surface area contributed by atoms with Gasteiger partial charge in [-0.2, -0.15) is 9.78 Å². The van der Waals surface area contributed by atoms with Gasteiger partial charge >= 0.3 is 0 Å². The van der Waals surface area contributed by atoms with Crippen LogP contribution in [0, 0.1) is 0 Å². The van der Waals surface area contributed by atoms with Crippen molar-refractivity contribution in [2.75, 3.05) is 5.32 Å². The third-order valence-electron chi connectivity index (χ3n) is 6.36. The van der Waals surface area contributed by atoms with Gasteiger partial charge < -0.3 is 10.4 Å². The minimum atomic E-state index is -3.57. The monoisotopic (exact) mass is 486 g/mol. The zero-order valence-corrected chi connectivity index (χ0v) is 19.4. The average Bonchev–Trinajstić information content (AvgIpc) is 2.86. The fourth-order valence-electron chi connectivity index (χ4n) is 4.65. The molecule has 4 aromatic rings. The smallest absolute Gasteiger partial charge is 0.286 e. The first-order valence-corrected chi connectivity index (χ1v) is 12.7. The summed E-state index contributed by atoms with van der Waals surface area (Å²) in [6, 6.07) is 21.8. The molecule has 0 saturated heterocycles. The number of benzene rings is 3. The van der Waals surface area contributed by atoms with E-state index in [1.165, 1.54) is 15.8 Å². The number of amidine groups is 1. The summed E-state index contributed by atoms with van der Waals surface area (Å²) in [6.45, 7) is 0. The molecule has 0 atom stereocenters. The lowest BCUT2D eigenvalue weighted by Gasteiger charge is -2.34. The lowest BCUT2D eigenvalue weighted by molar-refractivity contribution is 0.478. The second kappa shape index (κ2) is 8.09. The zero-order chi connectivity index (χ0) is 24.2. The quantitative estimate of drug-likeness (QED) is 0.318. The van der Waals surface area contributed by atoms with E-state index < -0.39 is 16.3 Å². The van der Waals surface area contributed by atoms with E-state index in [0.29, 0.717) is 29.4 Å². The van der Waals surface area contributed by atoms with Crippen LogP contribution in [0.4, 0.5) is 5.69 Å². The van der Waals surface area contributed by atoms with Gasteiger partial charge in [0.1, 0.15) is 16.2 Å². The Bertz CT molecular complexity index is 1620. The number of para-hydroxylation sites is 2. The van der Waals surface area contributed by atoms with Crippen LogP contribution >= 0.6 is 10.8 Å². The van der Waals surface area contributed by atoms with E-state index in [1.807, 2.05) is 12.1 Å². The molecule has 1 aromatic heterocycles. The number of nitrogens with one attached hydrogen (secondary N) is 1. The third kappa shape index (κ3) is 3.61. The molecule has 4 N–H and O–H groups in total. The van der Waals surface area contributed by atoms with Crippen molar-refractivity contribution in [3.63, 3.8) is 0 Å². The van der Waals surface area contributed by atoms with Gasteiger partial charge in [0.25, 0.3) is 5.56 Å². The topological polar surface area (TPSA) is 119 Å². The van der Waals surface area contributed by atoms with Gasteiger partial charge in [0, 0.05) is 17.5 Å². The summed E-state index contributed by atoms with van der Waals surface area (Å²) in [4.78, 5) is 14.0. The van der Waals surface area contributed by atoms with Crippen LogP contribution in [0.25, 0.3) is 10.9 Å². The Morgan fingerprint density at radius 3 is 2.49 bits per heavy atom. The van der Waals surface area contributed by atoms with Gasteiger partial charge in [0.05, 0.1) is 11.2 Å². The molecular formula is C26H22N4O4S. The predicted octanol–water partition coefficient (Wildman–Crippen LogP) is 5.00. The van der Waals surface area contributed by atoms with Gasteiger partial charge in [-0.25, -0.2) is 0 Å².